The van der Waals surface area contributed by atoms with E-state index in [4.69, 9.17) is 0 Å². The summed E-state index contributed by atoms with van der Waals surface area (Å²) in [6, 6.07) is 16.6. The third-order valence-corrected chi connectivity index (χ3v) is 4.57. The van der Waals surface area contributed by atoms with Gasteiger partial charge in [0, 0.05) is 25.0 Å². The molecule has 0 aliphatic heterocycles. The van der Waals surface area contributed by atoms with Crippen LogP contribution in [0, 0.1) is 6.92 Å². The van der Waals surface area contributed by atoms with Gasteiger partial charge in [-0.05, 0) is 43.4 Å². The summed E-state index contributed by atoms with van der Waals surface area (Å²) in [5.74, 6) is 0. The Hall–Kier alpha value is -2.52. The first kappa shape index (κ1) is 17.3. The predicted octanol–water partition coefficient (Wildman–Crippen LogP) is 4.22. The minimum Gasteiger partial charge on any atom is -0.385 e. The highest BCUT2D eigenvalue weighted by molar-refractivity contribution is 5.29. The van der Waals surface area contributed by atoms with Gasteiger partial charge in [-0.3, -0.25) is 9.97 Å². The number of hydrogen-bond acceptors (Lipinski definition) is 3. The molecule has 1 heterocycles. The third-order valence-electron chi connectivity index (χ3n) is 4.57. The van der Waals surface area contributed by atoms with Gasteiger partial charge in [0.15, 0.2) is 0 Å². The number of benzene rings is 2. The second kappa shape index (κ2) is 7.58. The summed E-state index contributed by atoms with van der Waals surface area (Å²) in [6.07, 6.45) is 7.53. The molecule has 0 amide bonds. The van der Waals surface area contributed by atoms with Gasteiger partial charge in [0.25, 0.3) is 0 Å². The maximum absolute atomic E-state index is 10.8. The van der Waals surface area contributed by atoms with Crippen LogP contribution in [-0.4, -0.2) is 15.1 Å². The second-order valence-corrected chi connectivity index (χ2v) is 6.83. The van der Waals surface area contributed by atoms with Gasteiger partial charge in [0.05, 0.1) is 11.3 Å². The number of nitrogens with zero attached hydrogens (tertiary/aromatic N) is 2. The van der Waals surface area contributed by atoms with Crippen molar-refractivity contribution < 1.29 is 5.11 Å². The Morgan fingerprint density at radius 2 is 1.76 bits per heavy atom. The van der Waals surface area contributed by atoms with Crippen molar-refractivity contribution in [3.8, 4) is 0 Å². The first-order valence-electron chi connectivity index (χ1n) is 8.65. The topological polar surface area (TPSA) is 46.0 Å². The summed E-state index contributed by atoms with van der Waals surface area (Å²) in [6.45, 7) is 3.94. The molecule has 0 spiro atoms. The molecular weight excluding hydrogens is 308 g/mol. The average Bonchev–Trinajstić information content (AvgIpc) is 2.62. The Labute approximate surface area is 149 Å². The number of hydrogen-bond donors (Lipinski definition) is 1. The van der Waals surface area contributed by atoms with Crippen LogP contribution >= 0.6 is 0 Å². The van der Waals surface area contributed by atoms with Gasteiger partial charge in [0.1, 0.15) is 0 Å². The van der Waals surface area contributed by atoms with E-state index in [1.165, 1.54) is 16.7 Å². The quantitative estimate of drug-likeness (QED) is 0.735. The highest BCUT2D eigenvalue weighted by atomic mass is 16.3. The van der Waals surface area contributed by atoms with E-state index >= 15 is 0 Å². The molecule has 0 bridgehead atoms. The van der Waals surface area contributed by atoms with E-state index in [1.807, 2.05) is 19.1 Å². The van der Waals surface area contributed by atoms with E-state index in [0.717, 1.165) is 24.1 Å². The zero-order valence-corrected chi connectivity index (χ0v) is 14.8. The van der Waals surface area contributed by atoms with Gasteiger partial charge < -0.3 is 5.11 Å². The highest BCUT2D eigenvalue weighted by Gasteiger charge is 2.22. The van der Waals surface area contributed by atoms with Crippen molar-refractivity contribution in [3.05, 3.63) is 95.1 Å². The molecule has 128 valence electrons. The standard InChI is InChI=1S/C22H24N2O/c1-17-4-3-5-20(14-17)22(2,25)11-10-18-6-8-19(9-7-18)15-21-16-23-12-13-24-21/h3-9,12-14,16,25H,10-11,15H2,1-2H3. The summed E-state index contributed by atoms with van der Waals surface area (Å²) in [7, 11) is 0. The molecule has 3 nitrogen and oxygen atoms in total. The maximum Gasteiger partial charge on any atom is 0.0871 e. The Kier molecular flexibility index (Phi) is 5.25. The van der Waals surface area contributed by atoms with Gasteiger partial charge in [-0.2, -0.15) is 0 Å². The molecule has 0 fully saturated rings. The molecule has 2 aromatic carbocycles. The molecule has 3 aromatic rings. The molecule has 1 aromatic heterocycles. The Bertz CT molecular complexity index is 811. The first-order chi connectivity index (χ1) is 12.0. The van der Waals surface area contributed by atoms with Gasteiger partial charge in [-0.25, -0.2) is 0 Å². The van der Waals surface area contributed by atoms with Crippen LogP contribution in [-0.2, 0) is 18.4 Å². The molecule has 1 atom stereocenters. The SMILES string of the molecule is Cc1cccc(C(C)(O)CCc2ccc(Cc3cnccn3)cc2)c1. The van der Waals surface area contributed by atoms with Crippen molar-refractivity contribution in [1.82, 2.24) is 9.97 Å². The van der Waals surface area contributed by atoms with E-state index in [0.29, 0.717) is 6.42 Å². The lowest BCUT2D eigenvalue weighted by Gasteiger charge is -2.24. The Morgan fingerprint density at radius 3 is 2.44 bits per heavy atom. The van der Waals surface area contributed by atoms with Crippen LogP contribution in [0.1, 0.15) is 41.3 Å². The van der Waals surface area contributed by atoms with Crippen molar-refractivity contribution in [1.29, 1.82) is 0 Å². The maximum atomic E-state index is 10.8. The third kappa shape index (κ3) is 4.74. The molecule has 0 saturated heterocycles. The highest BCUT2D eigenvalue weighted by Crippen LogP contribution is 2.27. The molecule has 3 heteroatoms. The van der Waals surface area contributed by atoms with Crippen molar-refractivity contribution in [2.75, 3.05) is 0 Å². The van der Waals surface area contributed by atoms with Crippen molar-refractivity contribution >= 4 is 0 Å². The van der Waals surface area contributed by atoms with Crippen LogP contribution in [0.15, 0.2) is 67.1 Å². The van der Waals surface area contributed by atoms with Gasteiger partial charge >= 0.3 is 0 Å². The van der Waals surface area contributed by atoms with E-state index in [9.17, 15) is 5.11 Å². The minimum absolute atomic E-state index is 0.694. The van der Waals surface area contributed by atoms with Crippen LogP contribution in [0.5, 0.6) is 0 Å². The Morgan fingerprint density at radius 1 is 1.00 bits per heavy atom. The predicted molar refractivity (Wildman–Crippen MR) is 100 cm³/mol. The monoisotopic (exact) mass is 332 g/mol. The number of rotatable bonds is 6. The summed E-state index contributed by atoms with van der Waals surface area (Å²) in [4.78, 5) is 8.41. The Balaban J connectivity index is 1.61. The second-order valence-electron chi connectivity index (χ2n) is 6.83. The molecule has 1 N–H and O–H groups in total. The number of aromatic nitrogens is 2. The lowest BCUT2D eigenvalue weighted by molar-refractivity contribution is 0.0480. The van der Waals surface area contributed by atoms with Crippen molar-refractivity contribution in [2.24, 2.45) is 0 Å². The molecular formula is C22H24N2O. The normalized spacial score (nSPS) is 13.4. The summed E-state index contributed by atoms with van der Waals surface area (Å²) in [5, 5.41) is 10.8. The summed E-state index contributed by atoms with van der Waals surface area (Å²) in [5.41, 5.74) is 4.76. The summed E-state index contributed by atoms with van der Waals surface area (Å²) < 4.78 is 0. The number of aliphatic hydroxyl groups is 1. The lowest BCUT2D eigenvalue weighted by atomic mass is 9.88. The fourth-order valence-corrected chi connectivity index (χ4v) is 2.97. The van der Waals surface area contributed by atoms with Crippen molar-refractivity contribution in [3.63, 3.8) is 0 Å². The van der Waals surface area contributed by atoms with Crippen LogP contribution in [0.25, 0.3) is 0 Å². The zero-order chi connectivity index (χ0) is 17.7. The van der Waals surface area contributed by atoms with Crippen LogP contribution < -0.4 is 0 Å². The molecule has 25 heavy (non-hydrogen) atoms. The van der Waals surface area contributed by atoms with Crippen molar-refractivity contribution in [2.45, 2.75) is 38.7 Å². The molecule has 1 unspecified atom stereocenters. The lowest BCUT2D eigenvalue weighted by Crippen LogP contribution is -2.22. The van der Waals surface area contributed by atoms with Crippen LogP contribution in [0.2, 0.25) is 0 Å². The molecule has 0 aliphatic rings. The molecule has 0 radical (unpaired) electrons. The molecule has 0 aliphatic carbocycles. The fraction of sp³-hybridized carbons (Fsp3) is 0.273. The van der Waals surface area contributed by atoms with Gasteiger partial charge in [-0.15, -0.1) is 0 Å². The van der Waals surface area contributed by atoms with Gasteiger partial charge in [0.2, 0.25) is 0 Å². The number of aryl methyl sites for hydroxylation is 2. The zero-order valence-electron chi connectivity index (χ0n) is 14.8. The smallest absolute Gasteiger partial charge is 0.0871 e. The largest absolute Gasteiger partial charge is 0.385 e. The molecule has 0 saturated carbocycles. The van der Waals surface area contributed by atoms with E-state index in [1.54, 1.807) is 18.6 Å². The van der Waals surface area contributed by atoms with E-state index < -0.39 is 5.60 Å². The van der Waals surface area contributed by atoms with Crippen LogP contribution in [0.4, 0.5) is 0 Å². The van der Waals surface area contributed by atoms with E-state index in [-0.39, 0.29) is 0 Å². The summed E-state index contributed by atoms with van der Waals surface area (Å²) >= 11 is 0. The molecule has 3 rings (SSSR count). The van der Waals surface area contributed by atoms with Gasteiger partial charge in [-0.1, -0.05) is 54.1 Å². The first-order valence-corrected chi connectivity index (χ1v) is 8.65. The van der Waals surface area contributed by atoms with E-state index in [2.05, 4.69) is 53.3 Å². The minimum atomic E-state index is -0.815. The van der Waals surface area contributed by atoms with Crippen LogP contribution in [0.3, 0.4) is 0 Å². The fourth-order valence-electron chi connectivity index (χ4n) is 2.97. The average molecular weight is 332 g/mol.